The van der Waals surface area contributed by atoms with Crippen LogP contribution in [0.4, 0.5) is 17.6 Å². The molecule has 0 bridgehead atoms. The molecule has 27 heavy (non-hydrogen) atoms. The van der Waals surface area contributed by atoms with Crippen molar-refractivity contribution in [2.24, 2.45) is 0 Å². The summed E-state index contributed by atoms with van der Waals surface area (Å²) in [4.78, 5) is 6.91. The van der Waals surface area contributed by atoms with E-state index < -0.39 is 36.4 Å². The Labute approximate surface area is 154 Å². The lowest BCUT2D eigenvalue weighted by Crippen LogP contribution is -2.46. The molecule has 0 amide bonds. The minimum Gasteiger partial charge on any atom is -0.383 e. The first-order valence-electron chi connectivity index (χ1n) is 8.50. The molecular formula is C20H20F4N2O. The topological polar surface area (TPSA) is 48.9 Å². The third-order valence-corrected chi connectivity index (χ3v) is 4.91. The molecule has 0 aliphatic rings. The average molecular weight is 380 g/mol. The van der Waals surface area contributed by atoms with Crippen molar-refractivity contribution in [1.82, 2.24) is 9.97 Å². The molecule has 3 nitrogen and oxygen atoms in total. The van der Waals surface area contributed by atoms with Gasteiger partial charge in [0.15, 0.2) is 0 Å². The number of pyridine rings is 1. The largest absolute Gasteiger partial charge is 0.383 e. The van der Waals surface area contributed by atoms with E-state index in [0.717, 1.165) is 17.5 Å². The van der Waals surface area contributed by atoms with E-state index in [-0.39, 0.29) is 6.42 Å². The van der Waals surface area contributed by atoms with E-state index in [0.29, 0.717) is 16.8 Å². The maximum atomic E-state index is 13.9. The Bertz CT molecular complexity index is 879. The van der Waals surface area contributed by atoms with Gasteiger partial charge in [-0.2, -0.15) is 0 Å². The number of hydrogen-bond donors (Lipinski definition) is 2. The van der Waals surface area contributed by atoms with Crippen LogP contribution in [0.3, 0.4) is 0 Å². The molecule has 0 fully saturated rings. The van der Waals surface area contributed by atoms with Crippen molar-refractivity contribution in [2.75, 3.05) is 6.67 Å². The molecule has 2 aromatic heterocycles. The molecule has 0 radical (unpaired) electrons. The molecule has 2 N–H and O–H groups in total. The number of rotatable bonds is 7. The Morgan fingerprint density at radius 1 is 1.19 bits per heavy atom. The number of fused-ring (bicyclic) bond motifs is 1. The Kier molecular flexibility index (Phi) is 5.24. The number of alkyl halides is 3. The third kappa shape index (κ3) is 3.98. The fraction of sp³-hybridized carbons (Fsp3) is 0.350. The SMILES string of the molecule is CC(CF)(CC(O)(Cc1cc2ccncc2[nH]1)C(F)F)c1ccc(F)cc1. The number of nitrogens with one attached hydrogen (secondary N) is 1. The standard InChI is InChI=1S/C20H20F4N2O/c1-19(12-21,14-2-4-15(22)5-3-14)11-20(27,18(23)24)9-16-8-13-6-7-25-10-17(13)26-16/h2-8,10,18,26-27H,9,11-12H2,1H3. The van der Waals surface area contributed by atoms with Crippen LogP contribution in [0.1, 0.15) is 24.6 Å². The van der Waals surface area contributed by atoms with Gasteiger partial charge in [-0.1, -0.05) is 19.1 Å². The van der Waals surface area contributed by atoms with Gasteiger partial charge < -0.3 is 10.1 Å². The maximum Gasteiger partial charge on any atom is 0.267 e. The maximum absolute atomic E-state index is 13.9. The molecule has 0 saturated heterocycles. The van der Waals surface area contributed by atoms with E-state index in [1.165, 1.54) is 19.1 Å². The highest BCUT2D eigenvalue weighted by Gasteiger charge is 2.45. The van der Waals surface area contributed by atoms with Gasteiger partial charge in [0.1, 0.15) is 11.4 Å². The smallest absolute Gasteiger partial charge is 0.267 e. The first-order chi connectivity index (χ1) is 12.8. The van der Waals surface area contributed by atoms with Crippen LogP contribution in [0.2, 0.25) is 0 Å². The van der Waals surface area contributed by atoms with Gasteiger partial charge in [0.25, 0.3) is 6.43 Å². The van der Waals surface area contributed by atoms with E-state index in [2.05, 4.69) is 9.97 Å². The van der Waals surface area contributed by atoms with Gasteiger partial charge in [-0.25, -0.2) is 13.2 Å². The van der Waals surface area contributed by atoms with E-state index in [4.69, 9.17) is 0 Å². The zero-order valence-electron chi connectivity index (χ0n) is 14.7. The molecule has 2 unspecified atom stereocenters. The molecule has 0 spiro atoms. The minimum atomic E-state index is -3.09. The zero-order valence-corrected chi connectivity index (χ0v) is 14.7. The van der Waals surface area contributed by atoms with Crippen LogP contribution in [0.5, 0.6) is 0 Å². The Morgan fingerprint density at radius 2 is 1.89 bits per heavy atom. The number of aromatic amines is 1. The lowest BCUT2D eigenvalue weighted by molar-refractivity contribution is -0.113. The predicted octanol–water partition coefficient (Wildman–Crippen LogP) is 4.56. The molecule has 3 aromatic rings. The second-order valence-electron chi connectivity index (χ2n) is 7.22. The third-order valence-electron chi connectivity index (χ3n) is 4.91. The number of H-pyrrole nitrogens is 1. The van der Waals surface area contributed by atoms with Crippen LogP contribution in [-0.4, -0.2) is 33.8 Å². The molecule has 7 heteroatoms. The first-order valence-corrected chi connectivity index (χ1v) is 8.50. The normalized spacial score (nSPS) is 16.4. The lowest BCUT2D eigenvalue weighted by Gasteiger charge is -2.36. The monoisotopic (exact) mass is 380 g/mol. The van der Waals surface area contributed by atoms with Gasteiger partial charge in [0, 0.05) is 29.1 Å². The number of hydrogen-bond acceptors (Lipinski definition) is 2. The van der Waals surface area contributed by atoms with E-state index in [1.54, 1.807) is 24.5 Å². The van der Waals surface area contributed by atoms with Crippen molar-refractivity contribution >= 4 is 10.9 Å². The molecule has 0 aliphatic carbocycles. The molecule has 2 heterocycles. The molecule has 2 atom stereocenters. The van der Waals surface area contributed by atoms with Gasteiger partial charge in [-0.15, -0.1) is 0 Å². The summed E-state index contributed by atoms with van der Waals surface area (Å²) in [6, 6.07) is 8.39. The quantitative estimate of drug-likeness (QED) is 0.591. The highest BCUT2D eigenvalue weighted by molar-refractivity contribution is 5.79. The van der Waals surface area contributed by atoms with Gasteiger partial charge in [0.05, 0.1) is 18.4 Å². The van der Waals surface area contributed by atoms with Gasteiger partial charge in [-0.05, 0) is 36.2 Å². The number of aliphatic hydroxyl groups is 1. The van der Waals surface area contributed by atoms with Crippen LogP contribution in [-0.2, 0) is 11.8 Å². The van der Waals surface area contributed by atoms with Crippen molar-refractivity contribution in [3.8, 4) is 0 Å². The average Bonchev–Trinajstić information content (AvgIpc) is 3.03. The van der Waals surface area contributed by atoms with E-state index >= 15 is 0 Å². The number of nitrogens with zero attached hydrogens (tertiary/aromatic N) is 1. The summed E-state index contributed by atoms with van der Waals surface area (Å²) in [5.74, 6) is -0.504. The Balaban J connectivity index is 1.91. The van der Waals surface area contributed by atoms with E-state index in [9.17, 15) is 22.7 Å². The van der Waals surface area contributed by atoms with Gasteiger partial charge in [-0.3, -0.25) is 9.37 Å². The summed E-state index contributed by atoms with van der Waals surface area (Å²) in [5, 5.41) is 11.5. The fourth-order valence-corrected chi connectivity index (χ4v) is 3.43. The molecule has 1 aromatic carbocycles. The van der Waals surface area contributed by atoms with Crippen LogP contribution >= 0.6 is 0 Å². The summed E-state index contributed by atoms with van der Waals surface area (Å²) in [6.45, 7) is 0.479. The van der Waals surface area contributed by atoms with Crippen LogP contribution < -0.4 is 0 Å². The predicted molar refractivity (Wildman–Crippen MR) is 95.1 cm³/mol. The highest BCUT2D eigenvalue weighted by atomic mass is 19.3. The molecule has 0 saturated carbocycles. The van der Waals surface area contributed by atoms with Crippen LogP contribution in [0.15, 0.2) is 48.8 Å². The Morgan fingerprint density at radius 3 is 2.48 bits per heavy atom. The summed E-state index contributed by atoms with van der Waals surface area (Å²) in [7, 11) is 0. The second kappa shape index (κ2) is 7.31. The molecule has 144 valence electrons. The van der Waals surface area contributed by atoms with Crippen molar-refractivity contribution in [3.63, 3.8) is 0 Å². The lowest BCUT2D eigenvalue weighted by atomic mass is 9.73. The minimum absolute atomic E-state index is 0.353. The number of halogens is 4. The second-order valence-corrected chi connectivity index (χ2v) is 7.22. The van der Waals surface area contributed by atoms with Crippen molar-refractivity contribution < 1.29 is 22.7 Å². The molecule has 3 rings (SSSR count). The Hall–Kier alpha value is -2.41. The van der Waals surface area contributed by atoms with E-state index in [1.807, 2.05) is 0 Å². The molecule has 0 aliphatic heterocycles. The van der Waals surface area contributed by atoms with Crippen molar-refractivity contribution in [3.05, 3.63) is 65.9 Å². The van der Waals surface area contributed by atoms with Gasteiger partial charge >= 0.3 is 0 Å². The van der Waals surface area contributed by atoms with Crippen molar-refractivity contribution in [2.45, 2.75) is 37.2 Å². The zero-order chi connectivity index (χ0) is 19.7. The van der Waals surface area contributed by atoms with Crippen LogP contribution in [0.25, 0.3) is 10.9 Å². The molecular weight excluding hydrogens is 360 g/mol. The first kappa shape index (κ1) is 19.4. The number of aromatic nitrogens is 2. The summed E-state index contributed by atoms with van der Waals surface area (Å²) in [5.41, 5.74) is -2.42. The fourth-order valence-electron chi connectivity index (χ4n) is 3.43. The van der Waals surface area contributed by atoms with Crippen LogP contribution in [0, 0.1) is 5.82 Å². The highest BCUT2D eigenvalue weighted by Crippen LogP contribution is 2.38. The van der Waals surface area contributed by atoms with Crippen molar-refractivity contribution in [1.29, 1.82) is 0 Å². The summed E-state index contributed by atoms with van der Waals surface area (Å²) < 4.78 is 54.6. The summed E-state index contributed by atoms with van der Waals surface area (Å²) >= 11 is 0. The number of benzene rings is 1. The summed E-state index contributed by atoms with van der Waals surface area (Å²) in [6.07, 6.45) is -0.851. The van der Waals surface area contributed by atoms with Gasteiger partial charge in [0.2, 0.25) is 0 Å².